The molecule has 1 aromatic rings. The van der Waals surface area contributed by atoms with Crippen molar-refractivity contribution in [2.75, 3.05) is 26.0 Å². The standard InChI is InChI=1S/C12H19N3O3/c1-9(16)7-14(3)8-10-5-4-6-11(15(17)18)12(10)13-2/h4-6,9,13,16H,7-8H2,1-3H3. The maximum atomic E-state index is 10.9. The Labute approximate surface area is 106 Å². The van der Waals surface area contributed by atoms with Gasteiger partial charge in [0.1, 0.15) is 5.69 Å². The summed E-state index contributed by atoms with van der Waals surface area (Å²) in [4.78, 5) is 12.4. The Hall–Kier alpha value is -1.66. The molecule has 0 fully saturated rings. The molecule has 6 nitrogen and oxygen atoms in total. The molecule has 6 heteroatoms. The van der Waals surface area contributed by atoms with Gasteiger partial charge in [-0.05, 0) is 19.5 Å². The van der Waals surface area contributed by atoms with Crippen molar-refractivity contribution in [1.82, 2.24) is 4.90 Å². The van der Waals surface area contributed by atoms with E-state index in [1.54, 1.807) is 20.0 Å². The maximum absolute atomic E-state index is 10.9. The Bertz CT molecular complexity index is 421. The van der Waals surface area contributed by atoms with E-state index in [0.717, 1.165) is 5.56 Å². The third kappa shape index (κ3) is 3.68. The molecule has 1 unspecified atom stereocenters. The summed E-state index contributed by atoms with van der Waals surface area (Å²) in [5, 5.41) is 23.1. The minimum absolute atomic E-state index is 0.0699. The molecule has 1 rings (SSSR count). The highest BCUT2D eigenvalue weighted by Crippen LogP contribution is 2.28. The van der Waals surface area contributed by atoms with Crippen molar-refractivity contribution in [2.45, 2.75) is 19.6 Å². The number of aliphatic hydroxyl groups is 1. The quantitative estimate of drug-likeness (QED) is 0.592. The third-order valence-electron chi connectivity index (χ3n) is 2.59. The molecule has 0 spiro atoms. The zero-order valence-corrected chi connectivity index (χ0v) is 10.9. The van der Waals surface area contributed by atoms with Crippen LogP contribution in [0.25, 0.3) is 0 Å². The second kappa shape index (κ2) is 6.32. The molecule has 2 N–H and O–H groups in total. The van der Waals surface area contributed by atoms with E-state index in [2.05, 4.69) is 5.32 Å². The molecule has 100 valence electrons. The summed E-state index contributed by atoms with van der Waals surface area (Å²) in [5.41, 5.74) is 1.44. The van der Waals surface area contributed by atoms with Crippen molar-refractivity contribution in [1.29, 1.82) is 0 Å². The highest BCUT2D eigenvalue weighted by atomic mass is 16.6. The number of hydrogen-bond donors (Lipinski definition) is 2. The minimum Gasteiger partial charge on any atom is -0.392 e. The lowest BCUT2D eigenvalue weighted by Gasteiger charge is -2.19. The van der Waals surface area contributed by atoms with E-state index in [1.807, 2.05) is 18.0 Å². The van der Waals surface area contributed by atoms with Crippen molar-refractivity contribution in [2.24, 2.45) is 0 Å². The van der Waals surface area contributed by atoms with Crippen LogP contribution in [0.5, 0.6) is 0 Å². The van der Waals surface area contributed by atoms with Crippen LogP contribution in [0.2, 0.25) is 0 Å². The summed E-state index contributed by atoms with van der Waals surface area (Å²) < 4.78 is 0. The van der Waals surface area contributed by atoms with Gasteiger partial charge >= 0.3 is 0 Å². The van der Waals surface area contributed by atoms with E-state index in [4.69, 9.17) is 0 Å². The van der Waals surface area contributed by atoms with E-state index in [9.17, 15) is 15.2 Å². The number of anilines is 1. The van der Waals surface area contributed by atoms with Crippen molar-refractivity contribution in [3.8, 4) is 0 Å². The van der Waals surface area contributed by atoms with E-state index < -0.39 is 11.0 Å². The first-order valence-corrected chi connectivity index (χ1v) is 5.76. The third-order valence-corrected chi connectivity index (χ3v) is 2.59. The lowest BCUT2D eigenvalue weighted by Crippen LogP contribution is -2.27. The van der Waals surface area contributed by atoms with Crippen LogP contribution < -0.4 is 5.32 Å². The number of nitrogens with zero attached hydrogens (tertiary/aromatic N) is 2. The van der Waals surface area contributed by atoms with Gasteiger partial charge in [0.05, 0.1) is 11.0 Å². The molecular formula is C12H19N3O3. The predicted octanol–water partition coefficient (Wildman–Crippen LogP) is 1.45. The maximum Gasteiger partial charge on any atom is 0.292 e. The normalized spacial score (nSPS) is 12.5. The van der Waals surface area contributed by atoms with Crippen LogP contribution in [0.4, 0.5) is 11.4 Å². The fourth-order valence-corrected chi connectivity index (χ4v) is 1.97. The van der Waals surface area contributed by atoms with Gasteiger partial charge in [-0.15, -0.1) is 0 Å². The fourth-order valence-electron chi connectivity index (χ4n) is 1.97. The minimum atomic E-state index is -0.424. The Morgan fingerprint density at radius 1 is 1.56 bits per heavy atom. The summed E-state index contributed by atoms with van der Waals surface area (Å²) in [5.74, 6) is 0. The van der Waals surface area contributed by atoms with Gasteiger partial charge in [-0.2, -0.15) is 0 Å². The van der Waals surface area contributed by atoms with Crippen LogP contribution in [0, 0.1) is 10.1 Å². The monoisotopic (exact) mass is 253 g/mol. The van der Waals surface area contributed by atoms with Crippen LogP contribution in [0.15, 0.2) is 18.2 Å². The molecule has 0 bridgehead atoms. The average Bonchev–Trinajstić information content (AvgIpc) is 2.27. The zero-order valence-electron chi connectivity index (χ0n) is 10.9. The molecule has 0 saturated carbocycles. The van der Waals surface area contributed by atoms with E-state index in [-0.39, 0.29) is 5.69 Å². The molecule has 0 aliphatic carbocycles. The molecule has 0 aliphatic heterocycles. The molecule has 0 saturated heterocycles. The number of nitrogens with one attached hydrogen (secondary N) is 1. The number of nitro benzene ring substituents is 1. The summed E-state index contributed by atoms with van der Waals surface area (Å²) in [6.07, 6.45) is -0.424. The van der Waals surface area contributed by atoms with Gasteiger partial charge in [-0.1, -0.05) is 12.1 Å². The Morgan fingerprint density at radius 3 is 2.72 bits per heavy atom. The first-order valence-electron chi connectivity index (χ1n) is 5.76. The Morgan fingerprint density at radius 2 is 2.22 bits per heavy atom. The topological polar surface area (TPSA) is 78.6 Å². The predicted molar refractivity (Wildman–Crippen MR) is 70.7 cm³/mol. The number of likely N-dealkylation sites (N-methyl/N-ethyl adjacent to an activating group) is 1. The van der Waals surface area contributed by atoms with Gasteiger partial charge in [0.25, 0.3) is 5.69 Å². The first kappa shape index (κ1) is 14.4. The highest BCUT2D eigenvalue weighted by molar-refractivity contribution is 5.66. The molecular weight excluding hydrogens is 234 g/mol. The molecule has 0 aliphatic rings. The van der Waals surface area contributed by atoms with Crippen molar-refractivity contribution < 1.29 is 10.0 Å². The van der Waals surface area contributed by atoms with Gasteiger partial charge in [0.15, 0.2) is 0 Å². The molecule has 1 aromatic carbocycles. The van der Waals surface area contributed by atoms with Gasteiger partial charge < -0.3 is 10.4 Å². The van der Waals surface area contributed by atoms with E-state index in [0.29, 0.717) is 18.8 Å². The highest BCUT2D eigenvalue weighted by Gasteiger charge is 2.17. The van der Waals surface area contributed by atoms with Gasteiger partial charge in [-0.3, -0.25) is 15.0 Å². The average molecular weight is 253 g/mol. The summed E-state index contributed by atoms with van der Waals surface area (Å²) in [6, 6.07) is 4.99. The lowest BCUT2D eigenvalue weighted by molar-refractivity contribution is -0.384. The van der Waals surface area contributed by atoms with Crippen LogP contribution in [0.3, 0.4) is 0 Å². The zero-order chi connectivity index (χ0) is 13.7. The summed E-state index contributed by atoms with van der Waals surface area (Å²) in [6.45, 7) is 2.78. The first-order chi connectivity index (χ1) is 8.45. The number of para-hydroxylation sites is 1. The Kier molecular flexibility index (Phi) is 5.06. The van der Waals surface area contributed by atoms with Crippen molar-refractivity contribution in [3.63, 3.8) is 0 Å². The Balaban J connectivity index is 2.95. The number of aliphatic hydroxyl groups excluding tert-OH is 1. The molecule has 0 aromatic heterocycles. The summed E-state index contributed by atoms with van der Waals surface area (Å²) in [7, 11) is 3.53. The van der Waals surface area contributed by atoms with Crippen LogP contribution >= 0.6 is 0 Å². The van der Waals surface area contributed by atoms with E-state index in [1.165, 1.54) is 6.07 Å². The van der Waals surface area contributed by atoms with Gasteiger partial charge in [0.2, 0.25) is 0 Å². The largest absolute Gasteiger partial charge is 0.392 e. The summed E-state index contributed by atoms with van der Waals surface area (Å²) >= 11 is 0. The van der Waals surface area contributed by atoms with Crippen molar-refractivity contribution >= 4 is 11.4 Å². The second-order valence-corrected chi connectivity index (χ2v) is 4.36. The fraction of sp³-hybridized carbons (Fsp3) is 0.500. The molecule has 0 heterocycles. The number of benzene rings is 1. The van der Waals surface area contributed by atoms with Crippen molar-refractivity contribution in [3.05, 3.63) is 33.9 Å². The number of hydrogen-bond acceptors (Lipinski definition) is 5. The second-order valence-electron chi connectivity index (χ2n) is 4.36. The van der Waals surface area contributed by atoms with Gasteiger partial charge in [-0.25, -0.2) is 0 Å². The smallest absolute Gasteiger partial charge is 0.292 e. The SMILES string of the molecule is CNc1c(CN(C)CC(C)O)cccc1[N+](=O)[O-]. The van der Waals surface area contributed by atoms with Crippen LogP contribution in [-0.2, 0) is 6.54 Å². The van der Waals surface area contributed by atoms with Crippen LogP contribution in [-0.4, -0.2) is 41.7 Å². The molecule has 0 amide bonds. The molecule has 0 radical (unpaired) electrons. The number of nitro groups is 1. The lowest BCUT2D eigenvalue weighted by atomic mass is 10.1. The molecule has 1 atom stereocenters. The molecule has 18 heavy (non-hydrogen) atoms. The number of rotatable bonds is 6. The van der Waals surface area contributed by atoms with Gasteiger partial charge in [0, 0.05) is 26.2 Å². The van der Waals surface area contributed by atoms with Crippen LogP contribution in [0.1, 0.15) is 12.5 Å². The van der Waals surface area contributed by atoms with E-state index >= 15 is 0 Å².